The molecule has 24 heavy (non-hydrogen) atoms. The van der Waals surface area contributed by atoms with Gasteiger partial charge in [0.25, 0.3) is 5.91 Å². The van der Waals surface area contributed by atoms with Crippen LogP contribution in [0, 0.1) is 0 Å². The number of imidazole rings is 2. The van der Waals surface area contributed by atoms with Gasteiger partial charge in [0.2, 0.25) is 0 Å². The highest BCUT2D eigenvalue weighted by molar-refractivity contribution is 5.94. The third-order valence-corrected chi connectivity index (χ3v) is 3.94. The molecule has 0 spiro atoms. The number of nitrogens with zero attached hydrogens (tertiary/aromatic N) is 4. The maximum Gasteiger partial charge on any atom is 0.251 e. The van der Waals surface area contributed by atoms with Gasteiger partial charge in [-0.2, -0.15) is 0 Å². The van der Waals surface area contributed by atoms with Crippen LogP contribution >= 0.6 is 0 Å². The number of aromatic nitrogens is 4. The van der Waals surface area contributed by atoms with E-state index in [0.29, 0.717) is 12.1 Å². The highest BCUT2D eigenvalue weighted by Gasteiger charge is 2.15. The highest BCUT2D eigenvalue weighted by atomic mass is 16.1. The molecule has 3 aromatic rings. The van der Waals surface area contributed by atoms with E-state index in [-0.39, 0.29) is 11.9 Å². The van der Waals surface area contributed by atoms with E-state index in [4.69, 9.17) is 0 Å². The molecule has 6 nitrogen and oxygen atoms in total. The van der Waals surface area contributed by atoms with Gasteiger partial charge in [0.15, 0.2) is 0 Å². The zero-order valence-corrected chi connectivity index (χ0v) is 13.9. The summed E-state index contributed by atoms with van der Waals surface area (Å²) >= 11 is 0. The van der Waals surface area contributed by atoms with Gasteiger partial charge in [-0.3, -0.25) is 4.79 Å². The zero-order valence-electron chi connectivity index (χ0n) is 13.9. The second-order valence-electron chi connectivity index (χ2n) is 5.70. The number of carbonyl (C=O) groups excluding carboxylic acids is 1. The molecule has 1 N–H and O–H groups in total. The van der Waals surface area contributed by atoms with Gasteiger partial charge in [-0.25, -0.2) is 9.97 Å². The Morgan fingerprint density at radius 3 is 2.92 bits per heavy atom. The monoisotopic (exact) mass is 323 g/mol. The van der Waals surface area contributed by atoms with Gasteiger partial charge in [0, 0.05) is 43.4 Å². The van der Waals surface area contributed by atoms with Crippen LogP contribution in [0.1, 0.15) is 41.6 Å². The number of benzene rings is 1. The summed E-state index contributed by atoms with van der Waals surface area (Å²) in [5, 5.41) is 3.02. The van der Waals surface area contributed by atoms with Gasteiger partial charge < -0.3 is 14.5 Å². The summed E-state index contributed by atoms with van der Waals surface area (Å²) in [5.74, 6) is 0.765. The fourth-order valence-corrected chi connectivity index (χ4v) is 2.72. The molecule has 0 fully saturated rings. The van der Waals surface area contributed by atoms with Gasteiger partial charge in [-0.05, 0) is 31.5 Å². The van der Waals surface area contributed by atoms with Gasteiger partial charge in [-0.15, -0.1) is 0 Å². The molecule has 0 aliphatic rings. The largest absolute Gasteiger partial charge is 0.342 e. The summed E-state index contributed by atoms with van der Waals surface area (Å²) in [5.41, 5.74) is 1.71. The number of amides is 1. The average Bonchev–Trinajstić information content (AvgIpc) is 3.26. The van der Waals surface area contributed by atoms with Crippen LogP contribution in [0.4, 0.5) is 0 Å². The molecule has 3 rings (SSSR count). The van der Waals surface area contributed by atoms with E-state index in [0.717, 1.165) is 17.9 Å². The minimum absolute atomic E-state index is 0.0966. The van der Waals surface area contributed by atoms with Crippen molar-refractivity contribution in [2.45, 2.75) is 33.0 Å². The van der Waals surface area contributed by atoms with Crippen LogP contribution < -0.4 is 5.32 Å². The number of carbonyl (C=O) groups is 1. The van der Waals surface area contributed by atoms with Crippen molar-refractivity contribution in [2.75, 3.05) is 0 Å². The first kappa shape index (κ1) is 16.0. The van der Waals surface area contributed by atoms with E-state index >= 15 is 0 Å². The molecular formula is C18H21N5O. The SMILES string of the molecule is CCn1ccnc1C(C)NC(=O)c1cccc(Cn2ccnc2)c1. The lowest BCUT2D eigenvalue weighted by molar-refractivity contribution is 0.0937. The molecule has 0 bridgehead atoms. The van der Waals surface area contributed by atoms with Crippen LogP contribution in [0.2, 0.25) is 0 Å². The molecule has 0 saturated heterocycles. The van der Waals surface area contributed by atoms with E-state index < -0.39 is 0 Å². The van der Waals surface area contributed by atoms with Crippen LogP contribution in [0.3, 0.4) is 0 Å². The van der Waals surface area contributed by atoms with Crippen molar-refractivity contribution in [1.29, 1.82) is 0 Å². The number of aryl methyl sites for hydroxylation is 1. The number of nitrogens with one attached hydrogen (secondary N) is 1. The van der Waals surface area contributed by atoms with Crippen molar-refractivity contribution in [1.82, 2.24) is 24.4 Å². The Morgan fingerprint density at radius 1 is 1.29 bits per heavy atom. The Labute approximate surface area is 141 Å². The van der Waals surface area contributed by atoms with Gasteiger partial charge >= 0.3 is 0 Å². The van der Waals surface area contributed by atoms with Gasteiger partial charge in [0.05, 0.1) is 12.4 Å². The topological polar surface area (TPSA) is 64.7 Å². The predicted octanol–water partition coefficient (Wildman–Crippen LogP) is 2.64. The Hall–Kier alpha value is -2.89. The Bertz CT molecular complexity index is 806. The lowest BCUT2D eigenvalue weighted by Crippen LogP contribution is -2.28. The second kappa shape index (κ2) is 7.12. The summed E-state index contributed by atoms with van der Waals surface area (Å²) in [4.78, 5) is 20.9. The minimum atomic E-state index is -0.148. The lowest BCUT2D eigenvalue weighted by atomic mass is 10.1. The van der Waals surface area contributed by atoms with Crippen molar-refractivity contribution < 1.29 is 4.79 Å². The van der Waals surface area contributed by atoms with Gasteiger partial charge in [-0.1, -0.05) is 12.1 Å². The second-order valence-corrected chi connectivity index (χ2v) is 5.70. The first-order valence-corrected chi connectivity index (χ1v) is 8.04. The summed E-state index contributed by atoms with van der Waals surface area (Å²) < 4.78 is 4.00. The normalized spacial score (nSPS) is 12.1. The molecule has 1 amide bonds. The summed E-state index contributed by atoms with van der Waals surface area (Å²) in [6.07, 6.45) is 9.09. The molecule has 0 radical (unpaired) electrons. The molecule has 1 atom stereocenters. The van der Waals surface area contributed by atoms with Crippen molar-refractivity contribution >= 4 is 5.91 Å². The first-order chi connectivity index (χ1) is 11.7. The predicted molar refractivity (Wildman–Crippen MR) is 91.6 cm³/mol. The fourth-order valence-electron chi connectivity index (χ4n) is 2.72. The third-order valence-electron chi connectivity index (χ3n) is 3.94. The van der Waals surface area contributed by atoms with Crippen LogP contribution in [0.5, 0.6) is 0 Å². The Kier molecular flexibility index (Phi) is 4.74. The molecule has 1 unspecified atom stereocenters. The van der Waals surface area contributed by atoms with E-state index in [1.54, 1.807) is 18.7 Å². The van der Waals surface area contributed by atoms with E-state index in [1.807, 2.05) is 52.7 Å². The smallest absolute Gasteiger partial charge is 0.251 e. The van der Waals surface area contributed by atoms with Crippen molar-refractivity contribution in [2.24, 2.45) is 0 Å². The zero-order chi connectivity index (χ0) is 16.9. The molecule has 0 saturated carbocycles. The number of hydrogen-bond donors (Lipinski definition) is 1. The quantitative estimate of drug-likeness (QED) is 0.758. The molecule has 0 aliphatic heterocycles. The molecule has 0 aliphatic carbocycles. The van der Waals surface area contributed by atoms with Crippen LogP contribution in [-0.2, 0) is 13.1 Å². The highest BCUT2D eigenvalue weighted by Crippen LogP contribution is 2.13. The minimum Gasteiger partial charge on any atom is -0.342 e. The number of hydrogen-bond acceptors (Lipinski definition) is 3. The van der Waals surface area contributed by atoms with Crippen molar-refractivity contribution in [3.05, 3.63) is 72.3 Å². The van der Waals surface area contributed by atoms with E-state index in [2.05, 4.69) is 22.2 Å². The maximum absolute atomic E-state index is 12.5. The van der Waals surface area contributed by atoms with Gasteiger partial charge in [0.1, 0.15) is 5.82 Å². The molecule has 2 heterocycles. The van der Waals surface area contributed by atoms with Crippen molar-refractivity contribution in [3.8, 4) is 0 Å². The van der Waals surface area contributed by atoms with Crippen LogP contribution in [0.25, 0.3) is 0 Å². The molecular weight excluding hydrogens is 302 g/mol. The van der Waals surface area contributed by atoms with Crippen LogP contribution in [0.15, 0.2) is 55.4 Å². The van der Waals surface area contributed by atoms with Crippen molar-refractivity contribution in [3.63, 3.8) is 0 Å². The fraction of sp³-hybridized carbons (Fsp3) is 0.278. The summed E-state index contributed by atoms with van der Waals surface area (Å²) in [7, 11) is 0. The summed E-state index contributed by atoms with van der Waals surface area (Å²) in [6.45, 7) is 5.52. The third kappa shape index (κ3) is 3.53. The molecule has 6 heteroatoms. The molecule has 2 aromatic heterocycles. The van der Waals surface area contributed by atoms with E-state index in [1.165, 1.54) is 0 Å². The maximum atomic E-state index is 12.5. The number of rotatable bonds is 6. The van der Waals surface area contributed by atoms with E-state index in [9.17, 15) is 4.79 Å². The lowest BCUT2D eigenvalue weighted by Gasteiger charge is -2.15. The summed E-state index contributed by atoms with van der Waals surface area (Å²) in [6, 6.07) is 7.49. The Morgan fingerprint density at radius 2 is 2.17 bits per heavy atom. The standard InChI is InChI=1S/C18H21N5O/c1-3-23-10-8-20-17(23)14(2)21-18(24)16-6-4-5-15(11-16)12-22-9-7-19-13-22/h4-11,13-14H,3,12H2,1-2H3,(H,21,24). The molecule has 1 aromatic carbocycles. The molecule has 124 valence electrons. The average molecular weight is 323 g/mol. The van der Waals surface area contributed by atoms with Crippen LogP contribution in [-0.4, -0.2) is 25.0 Å². The Balaban J connectivity index is 1.70. The first-order valence-electron chi connectivity index (χ1n) is 8.04.